The van der Waals surface area contributed by atoms with E-state index in [2.05, 4.69) is 45.8 Å². The van der Waals surface area contributed by atoms with Gasteiger partial charge in [-0.25, -0.2) is 0 Å². The average molecular weight is 201 g/mol. The van der Waals surface area contributed by atoms with Crippen LogP contribution in [0.5, 0.6) is 0 Å². The van der Waals surface area contributed by atoms with Gasteiger partial charge in [0.2, 0.25) is 0 Å². The topological polar surface area (TPSA) is 12.0 Å². The Morgan fingerprint density at radius 1 is 1.08 bits per heavy atom. The third-order valence-corrected chi connectivity index (χ3v) is 8.11. The fourth-order valence-electron chi connectivity index (χ4n) is 1.04. The van der Waals surface area contributed by atoms with Gasteiger partial charge in [0.15, 0.2) is 0 Å². The lowest BCUT2D eigenvalue weighted by molar-refractivity contribution is 0.650. The van der Waals surface area contributed by atoms with Crippen LogP contribution in [-0.4, -0.2) is 14.8 Å². The summed E-state index contributed by atoms with van der Waals surface area (Å²) < 4.78 is 0. The minimum absolute atomic E-state index is 0.471. The van der Waals surface area contributed by atoms with Crippen LogP contribution in [0.25, 0.3) is 0 Å². The molecule has 0 atom stereocenters. The van der Waals surface area contributed by atoms with Gasteiger partial charge in [0.1, 0.15) is 8.24 Å². The lowest BCUT2D eigenvalue weighted by Gasteiger charge is -2.37. The van der Waals surface area contributed by atoms with Crippen molar-refractivity contribution in [3.05, 3.63) is 0 Å². The van der Waals surface area contributed by atoms with Crippen LogP contribution < -0.4 is 4.98 Å². The summed E-state index contributed by atoms with van der Waals surface area (Å²) >= 11 is 0. The molecule has 0 aliphatic heterocycles. The van der Waals surface area contributed by atoms with E-state index in [0.29, 0.717) is 5.04 Å². The fraction of sp³-hybridized carbons (Fsp3) is 1.00. The third kappa shape index (κ3) is 4.82. The van der Waals surface area contributed by atoms with Gasteiger partial charge in [-0.2, -0.15) is 0 Å². The molecule has 13 heavy (non-hydrogen) atoms. The molecule has 0 bridgehead atoms. The van der Waals surface area contributed by atoms with Crippen LogP contribution >= 0.6 is 0 Å². The smallest absolute Gasteiger partial charge is 0.124 e. The zero-order valence-corrected chi connectivity index (χ0v) is 11.3. The highest BCUT2D eigenvalue weighted by molar-refractivity contribution is 6.77. The molecule has 0 saturated heterocycles. The molecule has 1 N–H and O–H groups in total. The van der Waals surface area contributed by atoms with Gasteiger partial charge in [-0.1, -0.05) is 53.6 Å². The maximum atomic E-state index is 3.77. The van der Waals surface area contributed by atoms with E-state index in [0.717, 1.165) is 0 Å². The molecule has 0 heterocycles. The van der Waals surface area contributed by atoms with Gasteiger partial charge in [0, 0.05) is 0 Å². The van der Waals surface area contributed by atoms with Crippen molar-refractivity contribution in [1.29, 1.82) is 0 Å². The first-order chi connectivity index (χ1) is 5.81. The Kier molecular flexibility index (Phi) is 5.23. The second-order valence-electron chi connectivity index (χ2n) is 5.51. The van der Waals surface area contributed by atoms with Crippen molar-refractivity contribution in [3.63, 3.8) is 0 Å². The van der Waals surface area contributed by atoms with Gasteiger partial charge in [0.05, 0.1) is 0 Å². The highest BCUT2D eigenvalue weighted by Gasteiger charge is 2.34. The SMILES string of the molecule is CCCCCN[Si](C)(C)C(C)(C)C. The summed E-state index contributed by atoms with van der Waals surface area (Å²) in [5, 5.41) is 0.471. The molecule has 80 valence electrons. The van der Waals surface area contributed by atoms with Gasteiger partial charge >= 0.3 is 0 Å². The molecule has 0 rings (SSSR count). The van der Waals surface area contributed by atoms with E-state index in [1.54, 1.807) is 0 Å². The largest absolute Gasteiger partial charge is 0.337 e. The summed E-state index contributed by atoms with van der Waals surface area (Å²) in [5.41, 5.74) is 0. The minimum atomic E-state index is -1.20. The molecule has 0 aromatic heterocycles. The summed E-state index contributed by atoms with van der Waals surface area (Å²) in [6, 6.07) is 0. The Morgan fingerprint density at radius 3 is 2.00 bits per heavy atom. The summed E-state index contributed by atoms with van der Waals surface area (Å²) in [4.78, 5) is 3.77. The van der Waals surface area contributed by atoms with Crippen molar-refractivity contribution in [2.24, 2.45) is 0 Å². The molecule has 0 aliphatic carbocycles. The second-order valence-corrected chi connectivity index (χ2v) is 10.6. The quantitative estimate of drug-likeness (QED) is 0.527. The zero-order valence-electron chi connectivity index (χ0n) is 10.3. The molecule has 0 aromatic rings. The molecule has 1 nitrogen and oxygen atoms in total. The van der Waals surface area contributed by atoms with Gasteiger partial charge in [-0.3, -0.25) is 0 Å². The normalized spacial score (nSPS) is 13.4. The Hall–Kier alpha value is 0.177. The van der Waals surface area contributed by atoms with Gasteiger partial charge in [0.25, 0.3) is 0 Å². The molecule has 0 spiro atoms. The molecule has 0 aliphatic rings. The summed E-state index contributed by atoms with van der Waals surface area (Å²) in [6.45, 7) is 15.4. The first kappa shape index (κ1) is 13.2. The number of unbranched alkanes of at least 4 members (excludes halogenated alkanes) is 2. The Bertz CT molecular complexity index is 136. The monoisotopic (exact) mass is 201 g/mol. The van der Waals surface area contributed by atoms with Crippen molar-refractivity contribution in [2.75, 3.05) is 6.54 Å². The average Bonchev–Trinajstić information content (AvgIpc) is 1.96. The van der Waals surface area contributed by atoms with Gasteiger partial charge < -0.3 is 4.98 Å². The minimum Gasteiger partial charge on any atom is -0.337 e. The molecule has 0 amide bonds. The lowest BCUT2D eigenvalue weighted by Crippen LogP contribution is -2.52. The van der Waals surface area contributed by atoms with Crippen LogP contribution in [0.4, 0.5) is 0 Å². The fourth-order valence-corrected chi connectivity index (χ4v) is 2.37. The van der Waals surface area contributed by atoms with E-state index in [9.17, 15) is 0 Å². The number of rotatable bonds is 5. The van der Waals surface area contributed by atoms with Crippen molar-refractivity contribution in [2.45, 2.75) is 65.1 Å². The maximum Gasteiger partial charge on any atom is 0.124 e. The van der Waals surface area contributed by atoms with E-state index in [-0.39, 0.29) is 0 Å². The number of nitrogens with one attached hydrogen (secondary N) is 1. The Labute approximate surface area is 85.4 Å². The molecule has 0 radical (unpaired) electrons. The molecular weight excluding hydrogens is 174 g/mol. The maximum absolute atomic E-state index is 3.77. The molecule has 0 fully saturated rings. The van der Waals surface area contributed by atoms with E-state index < -0.39 is 8.24 Å². The molecular formula is C11H27NSi. The highest BCUT2D eigenvalue weighted by atomic mass is 28.3. The van der Waals surface area contributed by atoms with Crippen LogP contribution in [0.3, 0.4) is 0 Å². The zero-order chi connectivity index (χ0) is 10.5. The standard InChI is InChI=1S/C11H27NSi/c1-7-8-9-10-12-13(5,6)11(2,3)4/h12H,7-10H2,1-6H3. The summed E-state index contributed by atoms with van der Waals surface area (Å²) in [5.74, 6) is 0. The second kappa shape index (κ2) is 5.16. The third-order valence-electron chi connectivity index (χ3n) is 3.22. The number of hydrogen-bond acceptors (Lipinski definition) is 1. The molecule has 0 saturated carbocycles. The Morgan fingerprint density at radius 2 is 1.62 bits per heavy atom. The summed E-state index contributed by atoms with van der Waals surface area (Å²) in [6.07, 6.45) is 4.02. The first-order valence-corrected chi connectivity index (χ1v) is 8.56. The predicted octanol–water partition coefficient (Wildman–Crippen LogP) is 3.77. The van der Waals surface area contributed by atoms with Gasteiger partial charge in [-0.15, -0.1) is 0 Å². The van der Waals surface area contributed by atoms with E-state index in [4.69, 9.17) is 0 Å². The van der Waals surface area contributed by atoms with Crippen LogP contribution in [0.15, 0.2) is 0 Å². The Balaban J connectivity index is 3.77. The van der Waals surface area contributed by atoms with E-state index in [1.165, 1.54) is 25.8 Å². The van der Waals surface area contributed by atoms with Crippen molar-refractivity contribution >= 4 is 8.24 Å². The van der Waals surface area contributed by atoms with Crippen molar-refractivity contribution < 1.29 is 0 Å². The van der Waals surface area contributed by atoms with Crippen LogP contribution in [0, 0.1) is 0 Å². The van der Waals surface area contributed by atoms with Crippen LogP contribution in [0.2, 0.25) is 18.1 Å². The van der Waals surface area contributed by atoms with Crippen LogP contribution in [0.1, 0.15) is 47.0 Å². The van der Waals surface area contributed by atoms with Crippen LogP contribution in [-0.2, 0) is 0 Å². The summed E-state index contributed by atoms with van der Waals surface area (Å²) in [7, 11) is -1.20. The predicted molar refractivity (Wildman–Crippen MR) is 64.7 cm³/mol. The van der Waals surface area contributed by atoms with E-state index in [1.807, 2.05) is 0 Å². The first-order valence-electron chi connectivity index (χ1n) is 5.56. The van der Waals surface area contributed by atoms with E-state index >= 15 is 0 Å². The van der Waals surface area contributed by atoms with Gasteiger partial charge in [-0.05, 0) is 18.0 Å². The van der Waals surface area contributed by atoms with Crippen molar-refractivity contribution in [1.82, 2.24) is 4.98 Å². The van der Waals surface area contributed by atoms with Crippen molar-refractivity contribution in [3.8, 4) is 0 Å². The molecule has 0 unspecified atom stereocenters. The molecule has 2 heteroatoms. The molecule has 0 aromatic carbocycles. The lowest BCUT2D eigenvalue weighted by atomic mass is 10.2. The highest BCUT2D eigenvalue weighted by Crippen LogP contribution is 2.33. The number of hydrogen-bond donors (Lipinski definition) is 1.